The maximum Gasteiger partial charge on any atom is 0.202 e. The molecule has 0 heterocycles. The van der Waals surface area contributed by atoms with Crippen LogP contribution in [-0.2, 0) is 28.7 Å². The van der Waals surface area contributed by atoms with E-state index in [1.54, 1.807) is 12.1 Å². The second-order valence-electron chi connectivity index (χ2n) is 4.98. The lowest BCUT2D eigenvalue weighted by Crippen LogP contribution is -2.20. The maximum atomic E-state index is 13.4. The van der Waals surface area contributed by atoms with Gasteiger partial charge in [0, 0.05) is 33.1 Å². The van der Waals surface area contributed by atoms with Crippen LogP contribution in [0.15, 0.2) is 18.2 Å². The molecular formula is C15H23F2NO2. The number of methoxy groups -OCH3 is 2. The van der Waals surface area contributed by atoms with Gasteiger partial charge in [0.2, 0.25) is 12.7 Å². The van der Waals surface area contributed by atoms with Crippen molar-refractivity contribution in [1.82, 2.24) is 0 Å². The van der Waals surface area contributed by atoms with Gasteiger partial charge in [0.05, 0.1) is 0 Å². The third-order valence-corrected chi connectivity index (χ3v) is 3.10. The Morgan fingerprint density at radius 1 is 1.00 bits per heavy atom. The molecule has 2 N–H and O–H groups in total. The Bertz CT molecular complexity index is 413. The molecule has 0 saturated heterocycles. The lowest BCUT2D eigenvalue weighted by atomic mass is 9.95. The molecule has 0 aliphatic carbocycles. The highest BCUT2D eigenvalue weighted by atomic mass is 19.1. The Morgan fingerprint density at radius 2 is 1.60 bits per heavy atom. The molecule has 1 rings (SSSR count). The maximum absolute atomic E-state index is 13.4. The van der Waals surface area contributed by atoms with Gasteiger partial charge in [0.25, 0.3) is 0 Å². The van der Waals surface area contributed by atoms with Crippen LogP contribution in [0.5, 0.6) is 0 Å². The summed E-state index contributed by atoms with van der Waals surface area (Å²) >= 11 is 0. The van der Waals surface area contributed by atoms with Crippen molar-refractivity contribution >= 4 is 0 Å². The third-order valence-electron chi connectivity index (χ3n) is 3.10. The van der Waals surface area contributed by atoms with Crippen molar-refractivity contribution in [2.45, 2.75) is 44.9 Å². The summed E-state index contributed by atoms with van der Waals surface area (Å²) in [5.74, 6) is 0. The van der Waals surface area contributed by atoms with Gasteiger partial charge in [-0.25, -0.2) is 8.78 Å². The van der Waals surface area contributed by atoms with Crippen LogP contribution in [-0.4, -0.2) is 33.0 Å². The quantitative estimate of drug-likeness (QED) is 0.799. The van der Waals surface area contributed by atoms with Gasteiger partial charge in [-0.1, -0.05) is 18.2 Å². The van der Waals surface area contributed by atoms with E-state index in [2.05, 4.69) is 9.47 Å². The van der Waals surface area contributed by atoms with E-state index in [4.69, 9.17) is 5.73 Å². The SMILES string of the molecule is COC(F)Cc1ccc(CC(F)OC)c(C[C@@H](C)N)c1. The van der Waals surface area contributed by atoms with Crippen LogP contribution in [0, 0.1) is 0 Å². The molecule has 1 aromatic carbocycles. The Morgan fingerprint density at radius 3 is 2.15 bits per heavy atom. The zero-order valence-corrected chi connectivity index (χ0v) is 12.2. The second kappa shape index (κ2) is 8.29. The monoisotopic (exact) mass is 287 g/mol. The minimum Gasteiger partial charge on any atom is -0.351 e. The molecule has 0 bridgehead atoms. The van der Waals surface area contributed by atoms with Crippen LogP contribution >= 0.6 is 0 Å². The highest BCUT2D eigenvalue weighted by Gasteiger charge is 2.13. The highest BCUT2D eigenvalue weighted by Crippen LogP contribution is 2.19. The summed E-state index contributed by atoms with van der Waals surface area (Å²) < 4.78 is 35.9. The molecule has 0 radical (unpaired) electrons. The van der Waals surface area contributed by atoms with Crippen molar-refractivity contribution in [3.63, 3.8) is 0 Å². The molecule has 0 fully saturated rings. The van der Waals surface area contributed by atoms with Crippen LogP contribution in [0.4, 0.5) is 8.78 Å². The van der Waals surface area contributed by atoms with E-state index in [9.17, 15) is 8.78 Å². The number of benzene rings is 1. The van der Waals surface area contributed by atoms with E-state index >= 15 is 0 Å². The molecule has 3 nitrogen and oxygen atoms in total. The fourth-order valence-corrected chi connectivity index (χ4v) is 2.07. The van der Waals surface area contributed by atoms with Gasteiger partial charge in [0.15, 0.2) is 0 Å². The lowest BCUT2D eigenvalue weighted by molar-refractivity contribution is -0.00456. The summed E-state index contributed by atoms with van der Waals surface area (Å²) in [5, 5.41) is 0. The number of alkyl halides is 2. The third kappa shape index (κ3) is 5.53. The molecule has 2 unspecified atom stereocenters. The number of halogens is 2. The molecular weight excluding hydrogens is 264 g/mol. The Hall–Kier alpha value is -1.04. The molecule has 0 spiro atoms. The summed E-state index contributed by atoms with van der Waals surface area (Å²) in [6, 6.07) is 5.41. The van der Waals surface area contributed by atoms with Crippen molar-refractivity contribution in [2.24, 2.45) is 5.73 Å². The van der Waals surface area contributed by atoms with Gasteiger partial charge >= 0.3 is 0 Å². The number of rotatable bonds is 8. The summed E-state index contributed by atoms with van der Waals surface area (Å²) in [5.41, 5.74) is 8.39. The van der Waals surface area contributed by atoms with Gasteiger partial charge in [-0.05, 0) is 30.0 Å². The first-order valence-electron chi connectivity index (χ1n) is 6.66. The fourth-order valence-electron chi connectivity index (χ4n) is 2.07. The van der Waals surface area contributed by atoms with E-state index in [1.165, 1.54) is 14.2 Å². The van der Waals surface area contributed by atoms with Crippen molar-refractivity contribution in [2.75, 3.05) is 14.2 Å². The number of hydrogen-bond donors (Lipinski definition) is 1. The second-order valence-corrected chi connectivity index (χ2v) is 4.98. The molecule has 114 valence electrons. The Labute approximate surface area is 119 Å². The average Bonchev–Trinajstić information content (AvgIpc) is 2.40. The molecule has 0 saturated carbocycles. The van der Waals surface area contributed by atoms with Crippen LogP contribution in [0.3, 0.4) is 0 Å². The van der Waals surface area contributed by atoms with E-state index in [0.29, 0.717) is 6.42 Å². The zero-order valence-electron chi connectivity index (χ0n) is 12.2. The topological polar surface area (TPSA) is 44.5 Å². The first-order valence-corrected chi connectivity index (χ1v) is 6.66. The van der Waals surface area contributed by atoms with Crippen molar-refractivity contribution in [3.8, 4) is 0 Å². The largest absolute Gasteiger partial charge is 0.351 e. The van der Waals surface area contributed by atoms with Crippen molar-refractivity contribution < 1.29 is 18.3 Å². The summed E-state index contributed by atoms with van der Waals surface area (Å²) in [4.78, 5) is 0. The lowest BCUT2D eigenvalue weighted by Gasteiger charge is -2.16. The normalized spacial score (nSPS) is 15.9. The minimum absolute atomic E-state index is 0.0480. The molecule has 0 aliphatic heterocycles. The van der Waals surface area contributed by atoms with Crippen LogP contribution in [0.2, 0.25) is 0 Å². The summed E-state index contributed by atoms with van der Waals surface area (Å²) in [6.45, 7) is 1.88. The van der Waals surface area contributed by atoms with Crippen molar-refractivity contribution in [3.05, 3.63) is 34.9 Å². The van der Waals surface area contributed by atoms with Gasteiger partial charge in [-0.2, -0.15) is 0 Å². The number of hydrogen-bond acceptors (Lipinski definition) is 3. The predicted octanol–water partition coefficient (Wildman–Crippen LogP) is 2.55. The molecule has 5 heteroatoms. The van der Waals surface area contributed by atoms with Gasteiger partial charge in [-0.3, -0.25) is 0 Å². The molecule has 0 aromatic heterocycles. The molecule has 0 aliphatic rings. The highest BCUT2D eigenvalue weighted by molar-refractivity contribution is 5.33. The van der Waals surface area contributed by atoms with Crippen LogP contribution < -0.4 is 5.73 Å². The van der Waals surface area contributed by atoms with Crippen LogP contribution in [0.25, 0.3) is 0 Å². The molecule has 0 amide bonds. The van der Waals surface area contributed by atoms with E-state index < -0.39 is 12.7 Å². The number of ether oxygens (including phenoxy) is 2. The van der Waals surface area contributed by atoms with E-state index in [0.717, 1.165) is 16.7 Å². The van der Waals surface area contributed by atoms with Gasteiger partial charge in [0.1, 0.15) is 0 Å². The number of nitrogens with two attached hydrogens (primary N) is 1. The van der Waals surface area contributed by atoms with Gasteiger partial charge in [-0.15, -0.1) is 0 Å². The molecule has 1 aromatic rings. The summed E-state index contributed by atoms with van der Waals surface area (Å²) in [6.07, 6.45) is -1.73. The average molecular weight is 287 g/mol. The van der Waals surface area contributed by atoms with Crippen LogP contribution in [0.1, 0.15) is 23.6 Å². The smallest absolute Gasteiger partial charge is 0.202 e. The van der Waals surface area contributed by atoms with Crippen molar-refractivity contribution in [1.29, 1.82) is 0 Å². The summed E-state index contributed by atoms with van der Waals surface area (Å²) in [7, 11) is 2.66. The minimum atomic E-state index is -1.35. The first kappa shape index (κ1) is 17.0. The van der Waals surface area contributed by atoms with Gasteiger partial charge < -0.3 is 15.2 Å². The fraction of sp³-hybridized carbons (Fsp3) is 0.600. The molecule has 3 atom stereocenters. The zero-order chi connectivity index (χ0) is 15.1. The Kier molecular flexibility index (Phi) is 7.05. The molecule has 20 heavy (non-hydrogen) atoms. The van der Waals surface area contributed by atoms with E-state index in [1.807, 2.05) is 13.0 Å². The Balaban J connectivity index is 2.93. The standard InChI is InChI=1S/C15H23F2NO2/c1-10(18)6-13-7-11(8-14(16)19-2)4-5-12(13)9-15(17)20-3/h4-5,7,10,14-15H,6,8-9,18H2,1-3H3/t10-,14?,15?/m1/s1. The first-order chi connectivity index (χ1) is 9.46. The predicted molar refractivity (Wildman–Crippen MR) is 75.0 cm³/mol. The van der Waals surface area contributed by atoms with E-state index in [-0.39, 0.29) is 18.9 Å².